The molecule has 0 unspecified atom stereocenters. The Morgan fingerprint density at radius 3 is 1.09 bits per heavy atom. The summed E-state index contributed by atoms with van der Waals surface area (Å²) in [7, 11) is -2.37. The van der Waals surface area contributed by atoms with E-state index in [-0.39, 0.29) is 5.41 Å². The maximum Gasteiger partial charge on any atom is 0.164 e. The molecule has 10 aromatic rings. The molecule has 1 aliphatic rings. The van der Waals surface area contributed by atoms with Crippen molar-refractivity contribution in [3.8, 4) is 67.5 Å². The van der Waals surface area contributed by atoms with Gasteiger partial charge in [0.2, 0.25) is 0 Å². The van der Waals surface area contributed by atoms with Gasteiger partial charge in [0.15, 0.2) is 17.5 Å². The summed E-state index contributed by atoms with van der Waals surface area (Å²) in [6.45, 7) is 3.67. The lowest BCUT2D eigenvalue weighted by atomic mass is 9.65. The molecular formula is C61H50N3OP. The van der Waals surface area contributed by atoms with E-state index < -0.39 is 7.14 Å². The minimum Gasteiger partial charge on any atom is -0.319 e. The molecule has 0 spiro atoms. The number of nitrogens with zero attached hydrogens (tertiary/aromatic N) is 3. The van der Waals surface area contributed by atoms with Crippen LogP contribution in [0.3, 0.4) is 0 Å². The van der Waals surface area contributed by atoms with Gasteiger partial charge in [0, 0.05) is 27.4 Å². The zero-order valence-electron chi connectivity index (χ0n) is 37.4. The summed E-state index contributed by atoms with van der Waals surface area (Å²) in [5, 5.41) is 5.78. The summed E-state index contributed by atoms with van der Waals surface area (Å²) in [6, 6.07) is 73.6. The van der Waals surface area contributed by atoms with E-state index in [1.165, 1.54) is 74.2 Å². The Hall–Kier alpha value is -7.26. The Labute approximate surface area is 387 Å². The zero-order valence-corrected chi connectivity index (χ0v) is 38.3. The third-order valence-electron chi connectivity index (χ3n) is 13.8. The first kappa shape index (κ1) is 41.4. The van der Waals surface area contributed by atoms with E-state index in [0.29, 0.717) is 17.5 Å². The van der Waals surface area contributed by atoms with Crippen LogP contribution in [0.15, 0.2) is 206 Å². The fourth-order valence-corrected chi connectivity index (χ4v) is 11.2. The Morgan fingerprint density at radius 1 is 0.348 bits per heavy atom. The first-order valence-electron chi connectivity index (χ1n) is 23.1. The summed E-state index contributed by atoms with van der Waals surface area (Å²) in [5.74, 6) is 1.97. The average molecular weight is 872 g/mol. The first-order valence-corrected chi connectivity index (χ1v) is 25.7. The maximum atomic E-state index is 12.9. The lowest BCUT2D eigenvalue weighted by Gasteiger charge is -2.39. The van der Waals surface area contributed by atoms with E-state index in [4.69, 9.17) is 15.0 Å². The molecule has 0 N–H and O–H groups in total. The molecule has 66 heavy (non-hydrogen) atoms. The molecule has 1 heterocycles. The van der Waals surface area contributed by atoms with Crippen LogP contribution in [-0.2, 0) is 9.98 Å². The minimum absolute atomic E-state index is 0.101. The Bertz CT molecular complexity index is 3340. The van der Waals surface area contributed by atoms with E-state index in [2.05, 4.69) is 170 Å². The van der Waals surface area contributed by atoms with Crippen molar-refractivity contribution in [3.05, 3.63) is 217 Å². The van der Waals surface area contributed by atoms with Crippen molar-refractivity contribution in [1.29, 1.82) is 0 Å². The quantitative estimate of drug-likeness (QED) is 0.107. The predicted octanol–water partition coefficient (Wildman–Crippen LogP) is 15.7. The molecule has 1 fully saturated rings. The van der Waals surface area contributed by atoms with Gasteiger partial charge in [0.1, 0.15) is 7.14 Å². The number of aromatic nitrogens is 3. The summed E-state index contributed by atoms with van der Waals surface area (Å²) < 4.78 is 12.9. The molecule has 0 saturated heterocycles. The third-order valence-corrected chi connectivity index (χ3v) is 15.3. The summed E-state index contributed by atoms with van der Waals surface area (Å²) in [4.78, 5) is 15.2. The first-order chi connectivity index (χ1) is 32.3. The van der Waals surface area contributed by atoms with Crippen LogP contribution in [0, 0.1) is 0 Å². The highest BCUT2D eigenvalue weighted by atomic mass is 31.2. The van der Waals surface area contributed by atoms with E-state index >= 15 is 0 Å². The van der Waals surface area contributed by atoms with Crippen molar-refractivity contribution < 1.29 is 4.57 Å². The fraction of sp³-hybridized carbons (Fsp3) is 0.131. The molecule has 11 rings (SSSR count). The van der Waals surface area contributed by atoms with Gasteiger partial charge in [0.05, 0.1) is 0 Å². The summed E-state index contributed by atoms with van der Waals surface area (Å²) in [6.07, 6.45) is 5.84. The van der Waals surface area contributed by atoms with E-state index in [1.54, 1.807) is 0 Å². The Balaban J connectivity index is 0.957. The Morgan fingerprint density at radius 2 is 0.667 bits per heavy atom. The van der Waals surface area contributed by atoms with Gasteiger partial charge in [-0.05, 0) is 92.2 Å². The van der Waals surface area contributed by atoms with Gasteiger partial charge in [0.25, 0.3) is 0 Å². The maximum absolute atomic E-state index is 12.9. The molecule has 1 aromatic heterocycles. The van der Waals surface area contributed by atoms with Gasteiger partial charge >= 0.3 is 0 Å². The van der Waals surface area contributed by atoms with Crippen molar-refractivity contribution >= 4 is 34.0 Å². The van der Waals surface area contributed by atoms with Gasteiger partial charge in [-0.2, -0.15) is 0 Å². The van der Waals surface area contributed by atoms with Crippen molar-refractivity contribution in [2.75, 3.05) is 13.3 Å². The number of benzene rings is 9. The fourth-order valence-electron chi connectivity index (χ4n) is 10.3. The summed E-state index contributed by atoms with van der Waals surface area (Å²) in [5.41, 5.74) is 12.6. The van der Waals surface area contributed by atoms with E-state index in [0.717, 1.165) is 46.0 Å². The molecule has 0 bridgehead atoms. The van der Waals surface area contributed by atoms with Gasteiger partial charge < -0.3 is 4.57 Å². The zero-order chi connectivity index (χ0) is 44.7. The minimum atomic E-state index is -2.37. The highest BCUT2D eigenvalue weighted by molar-refractivity contribution is 7.70. The highest BCUT2D eigenvalue weighted by Gasteiger charge is 2.36. The molecule has 0 aliphatic heterocycles. The lowest BCUT2D eigenvalue weighted by Crippen LogP contribution is -2.30. The normalized spacial score (nSPS) is 13.8. The van der Waals surface area contributed by atoms with Crippen LogP contribution in [0.4, 0.5) is 0 Å². The van der Waals surface area contributed by atoms with Crippen molar-refractivity contribution in [1.82, 2.24) is 15.0 Å². The standard InChI is InChI=1S/C61H50N3OP/c1-66(2,65)51-38-32-45(33-39-51)57-54-22-12-10-20-52(54)56(53-21-11-13-23-55(53)57)44-28-34-49(35-29-44)61(40-14-5-15-41-61)50-36-30-48(31-37-50)60-63-58(46-18-8-4-9-19-46)62-59(64-60)47-26-24-43(25-27-47)42-16-6-3-7-17-42/h3-4,6-13,16-39H,5,14-15,40-41H2,1-2H3. The second-order valence-corrected chi connectivity index (χ2v) is 21.4. The van der Waals surface area contributed by atoms with E-state index in [9.17, 15) is 4.57 Å². The molecule has 320 valence electrons. The smallest absolute Gasteiger partial charge is 0.164 e. The molecule has 5 heteroatoms. The molecule has 0 atom stereocenters. The van der Waals surface area contributed by atoms with Crippen LogP contribution in [0.1, 0.15) is 43.2 Å². The van der Waals surface area contributed by atoms with Gasteiger partial charge in [-0.15, -0.1) is 0 Å². The molecule has 9 aromatic carbocycles. The number of hydrogen-bond acceptors (Lipinski definition) is 4. The van der Waals surface area contributed by atoms with Gasteiger partial charge in [-0.1, -0.05) is 226 Å². The largest absolute Gasteiger partial charge is 0.319 e. The lowest BCUT2D eigenvalue weighted by molar-refractivity contribution is 0.346. The molecule has 1 saturated carbocycles. The predicted molar refractivity (Wildman–Crippen MR) is 277 cm³/mol. The van der Waals surface area contributed by atoms with Crippen LogP contribution in [0.5, 0.6) is 0 Å². The topological polar surface area (TPSA) is 55.7 Å². The van der Waals surface area contributed by atoms with Crippen LogP contribution in [0.2, 0.25) is 0 Å². The SMILES string of the molecule is CP(C)(=O)c1ccc(-c2c3ccccc3c(-c3ccc(C4(c5ccc(-c6nc(-c7ccccc7)nc(-c7ccc(-c8ccccc8)cc7)n6)cc5)CCCCC4)cc3)c3ccccc23)cc1. The molecular weight excluding hydrogens is 822 g/mol. The van der Waals surface area contributed by atoms with Gasteiger partial charge in [-0.25, -0.2) is 15.0 Å². The number of fused-ring (bicyclic) bond motifs is 2. The van der Waals surface area contributed by atoms with Crippen LogP contribution in [0.25, 0.3) is 89.1 Å². The molecule has 1 aliphatic carbocycles. The van der Waals surface area contributed by atoms with Crippen molar-refractivity contribution in [2.45, 2.75) is 37.5 Å². The molecule has 0 amide bonds. The molecule has 4 nitrogen and oxygen atoms in total. The Kier molecular flexibility index (Phi) is 10.8. The second kappa shape index (κ2) is 17.3. The highest BCUT2D eigenvalue weighted by Crippen LogP contribution is 2.48. The van der Waals surface area contributed by atoms with Crippen molar-refractivity contribution in [3.63, 3.8) is 0 Å². The van der Waals surface area contributed by atoms with Crippen molar-refractivity contribution in [2.24, 2.45) is 0 Å². The second-order valence-electron chi connectivity index (χ2n) is 18.2. The van der Waals surface area contributed by atoms with Crippen LogP contribution in [-0.4, -0.2) is 28.3 Å². The monoisotopic (exact) mass is 871 g/mol. The van der Waals surface area contributed by atoms with Crippen LogP contribution < -0.4 is 5.30 Å². The van der Waals surface area contributed by atoms with Crippen LogP contribution >= 0.6 is 7.14 Å². The third kappa shape index (κ3) is 7.76. The average Bonchev–Trinajstić information content (AvgIpc) is 3.38. The number of hydrogen-bond donors (Lipinski definition) is 0. The summed E-state index contributed by atoms with van der Waals surface area (Å²) >= 11 is 0. The number of rotatable bonds is 9. The molecule has 0 radical (unpaired) electrons. The van der Waals surface area contributed by atoms with E-state index in [1.807, 2.05) is 49.7 Å². The van der Waals surface area contributed by atoms with Gasteiger partial charge in [-0.3, -0.25) is 0 Å².